The maximum Gasteiger partial charge on any atom is 0.333 e. The Kier molecular flexibility index (Phi) is 5.88. The average molecular weight is 466 g/mol. The highest BCUT2D eigenvalue weighted by Gasteiger charge is 2.23. The minimum absolute atomic E-state index is 0.199. The standard InChI is InChI=1S/C24H27N5O3S/c1-3-12-28-22(30)19-20(26-23(33-19)27-13-8-5-9-14-27)29(24(28)31)15-18-16(2)32-21(25-18)17-10-6-4-7-11-17/h4,6-7,10-11H,3,5,8-9,12-15H2,1-2H3. The third-order valence-electron chi connectivity index (χ3n) is 6.05. The van der Waals surface area contributed by atoms with Gasteiger partial charge in [-0.2, -0.15) is 0 Å². The molecular weight excluding hydrogens is 438 g/mol. The summed E-state index contributed by atoms with van der Waals surface area (Å²) < 4.78 is 9.33. The Morgan fingerprint density at radius 3 is 2.52 bits per heavy atom. The van der Waals surface area contributed by atoms with Crippen LogP contribution in [0.4, 0.5) is 5.13 Å². The van der Waals surface area contributed by atoms with Gasteiger partial charge in [0.05, 0.1) is 6.54 Å². The topological polar surface area (TPSA) is 86.2 Å². The van der Waals surface area contributed by atoms with Crippen molar-refractivity contribution in [3.63, 3.8) is 0 Å². The lowest BCUT2D eigenvalue weighted by molar-refractivity contribution is 0.534. The van der Waals surface area contributed by atoms with Crippen LogP contribution in [0.3, 0.4) is 0 Å². The van der Waals surface area contributed by atoms with Crippen LogP contribution in [0.15, 0.2) is 44.3 Å². The van der Waals surface area contributed by atoms with Gasteiger partial charge < -0.3 is 9.32 Å². The third kappa shape index (κ3) is 4.01. The number of nitrogens with zero attached hydrogens (tertiary/aromatic N) is 5. The summed E-state index contributed by atoms with van der Waals surface area (Å²) in [5.74, 6) is 1.16. The van der Waals surface area contributed by atoms with Gasteiger partial charge in [0.15, 0.2) is 10.8 Å². The van der Waals surface area contributed by atoms with Crippen LogP contribution >= 0.6 is 11.3 Å². The Bertz CT molecular complexity index is 1390. The molecule has 0 N–H and O–H groups in total. The van der Waals surface area contributed by atoms with Crippen LogP contribution in [0, 0.1) is 6.92 Å². The Labute approximate surface area is 195 Å². The molecule has 172 valence electrons. The molecule has 0 atom stereocenters. The molecule has 1 saturated heterocycles. The second kappa shape index (κ2) is 8.97. The summed E-state index contributed by atoms with van der Waals surface area (Å²) >= 11 is 1.39. The Balaban J connectivity index is 1.62. The number of fused-ring (bicyclic) bond motifs is 1. The largest absolute Gasteiger partial charge is 0.441 e. The molecule has 5 rings (SSSR count). The molecule has 1 fully saturated rings. The lowest BCUT2D eigenvalue weighted by Crippen LogP contribution is -2.40. The van der Waals surface area contributed by atoms with Crippen molar-refractivity contribution >= 4 is 26.8 Å². The van der Waals surface area contributed by atoms with E-state index >= 15 is 0 Å². The SMILES string of the molecule is CCCn1c(=O)c2sc(N3CCCCC3)nc2n(Cc2nc(-c3ccccc3)oc2C)c1=O. The maximum absolute atomic E-state index is 13.4. The van der Waals surface area contributed by atoms with E-state index in [0.717, 1.165) is 36.6 Å². The van der Waals surface area contributed by atoms with Gasteiger partial charge in [-0.25, -0.2) is 14.8 Å². The Morgan fingerprint density at radius 2 is 1.79 bits per heavy atom. The molecule has 3 aromatic heterocycles. The summed E-state index contributed by atoms with van der Waals surface area (Å²) in [5, 5.41) is 0.811. The number of aromatic nitrogens is 4. The number of aryl methyl sites for hydroxylation is 1. The minimum atomic E-state index is -0.353. The van der Waals surface area contributed by atoms with E-state index in [4.69, 9.17) is 9.40 Å². The first-order chi connectivity index (χ1) is 16.1. The van der Waals surface area contributed by atoms with Gasteiger partial charge in [0.2, 0.25) is 5.89 Å². The molecule has 0 unspecified atom stereocenters. The number of rotatable bonds is 6. The van der Waals surface area contributed by atoms with Crippen LogP contribution < -0.4 is 16.1 Å². The zero-order valence-corrected chi connectivity index (χ0v) is 19.7. The van der Waals surface area contributed by atoms with E-state index in [1.165, 1.54) is 22.3 Å². The van der Waals surface area contributed by atoms with Gasteiger partial charge in [-0.1, -0.05) is 36.5 Å². The molecular formula is C24H27N5O3S. The van der Waals surface area contributed by atoms with E-state index in [1.807, 2.05) is 44.2 Å². The monoisotopic (exact) mass is 465 g/mol. The molecule has 0 aliphatic carbocycles. The van der Waals surface area contributed by atoms with Crippen molar-refractivity contribution in [1.82, 2.24) is 19.1 Å². The number of anilines is 1. The summed E-state index contributed by atoms with van der Waals surface area (Å²) in [6, 6.07) is 9.68. The van der Waals surface area contributed by atoms with Crippen molar-refractivity contribution in [2.75, 3.05) is 18.0 Å². The van der Waals surface area contributed by atoms with Gasteiger partial charge in [-0.3, -0.25) is 13.9 Å². The number of benzene rings is 1. The van der Waals surface area contributed by atoms with Crippen LogP contribution in [0.25, 0.3) is 21.8 Å². The molecule has 1 aliphatic heterocycles. The zero-order chi connectivity index (χ0) is 22.9. The molecule has 1 aromatic carbocycles. The summed E-state index contributed by atoms with van der Waals surface area (Å²) in [6.45, 7) is 6.23. The van der Waals surface area contributed by atoms with E-state index in [0.29, 0.717) is 40.7 Å². The number of thiazole rings is 1. The van der Waals surface area contributed by atoms with Crippen molar-refractivity contribution in [2.24, 2.45) is 0 Å². The lowest BCUT2D eigenvalue weighted by Gasteiger charge is -2.25. The summed E-state index contributed by atoms with van der Waals surface area (Å²) in [5.41, 5.74) is 1.36. The first-order valence-electron chi connectivity index (χ1n) is 11.5. The predicted molar refractivity (Wildman–Crippen MR) is 130 cm³/mol. The predicted octanol–water partition coefficient (Wildman–Crippen LogP) is 4.03. The lowest BCUT2D eigenvalue weighted by atomic mass is 10.1. The average Bonchev–Trinajstić information content (AvgIpc) is 3.45. The van der Waals surface area contributed by atoms with Crippen LogP contribution in [0.5, 0.6) is 0 Å². The zero-order valence-electron chi connectivity index (χ0n) is 18.9. The van der Waals surface area contributed by atoms with Gasteiger partial charge in [0, 0.05) is 25.2 Å². The van der Waals surface area contributed by atoms with E-state index in [2.05, 4.69) is 9.88 Å². The fourth-order valence-electron chi connectivity index (χ4n) is 4.28. The Morgan fingerprint density at radius 1 is 1.03 bits per heavy atom. The summed E-state index contributed by atoms with van der Waals surface area (Å²) in [4.78, 5) is 38.2. The highest BCUT2D eigenvalue weighted by molar-refractivity contribution is 7.22. The second-order valence-corrected chi connectivity index (χ2v) is 9.39. The molecule has 0 saturated carbocycles. The summed E-state index contributed by atoms with van der Waals surface area (Å²) in [6.07, 6.45) is 4.14. The molecule has 4 heterocycles. The highest BCUT2D eigenvalue weighted by Crippen LogP contribution is 2.29. The van der Waals surface area contributed by atoms with E-state index in [9.17, 15) is 9.59 Å². The normalized spacial score (nSPS) is 14.3. The van der Waals surface area contributed by atoms with Gasteiger partial charge in [-0.15, -0.1) is 0 Å². The third-order valence-corrected chi connectivity index (χ3v) is 7.14. The number of hydrogen-bond acceptors (Lipinski definition) is 7. The van der Waals surface area contributed by atoms with E-state index in [1.54, 1.807) is 4.57 Å². The van der Waals surface area contributed by atoms with Gasteiger partial charge in [-0.05, 0) is 44.7 Å². The molecule has 1 aliphatic rings. The smallest absolute Gasteiger partial charge is 0.333 e. The fourth-order valence-corrected chi connectivity index (χ4v) is 5.35. The molecule has 9 heteroatoms. The molecule has 4 aromatic rings. The molecule has 33 heavy (non-hydrogen) atoms. The van der Waals surface area contributed by atoms with Gasteiger partial charge in [0.1, 0.15) is 16.2 Å². The fraction of sp³-hybridized carbons (Fsp3) is 0.417. The van der Waals surface area contributed by atoms with Crippen molar-refractivity contribution < 1.29 is 4.42 Å². The number of piperidine rings is 1. The van der Waals surface area contributed by atoms with E-state index in [-0.39, 0.29) is 17.8 Å². The molecule has 0 amide bonds. The first-order valence-corrected chi connectivity index (χ1v) is 12.3. The van der Waals surface area contributed by atoms with Gasteiger partial charge in [0.25, 0.3) is 5.56 Å². The van der Waals surface area contributed by atoms with Crippen LogP contribution in [-0.4, -0.2) is 32.2 Å². The van der Waals surface area contributed by atoms with Crippen LogP contribution in [-0.2, 0) is 13.1 Å². The second-order valence-electron chi connectivity index (χ2n) is 8.41. The minimum Gasteiger partial charge on any atom is -0.441 e. The quantitative estimate of drug-likeness (QED) is 0.427. The van der Waals surface area contributed by atoms with Gasteiger partial charge >= 0.3 is 5.69 Å². The number of oxazole rings is 1. The van der Waals surface area contributed by atoms with Crippen molar-refractivity contribution in [3.05, 3.63) is 62.6 Å². The highest BCUT2D eigenvalue weighted by atomic mass is 32.1. The number of hydrogen-bond donors (Lipinski definition) is 0. The summed E-state index contributed by atoms with van der Waals surface area (Å²) in [7, 11) is 0. The van der Waals surface area contributed by atoms with Crippen molar-refractivity contribution in [2.45, 2.75) is 52.6 Å². The molecule has 0 radical (unpaired) electrons. The van der Waals surface area contributed by atoms with Crippen LogP contribution in [0.2, 0.25) is 0 Å². The van der Waals surface area contributed by atoms with Crippen molar-refractivity contribution in [1.29, 1.82) is 0 Å². The first kappa shape index (κ1) is 21.6. The molecule has 0 bridgehead atoms. The maximum atomic E-state index is 13.4. The Hall–Kier alpha value is -3.20. The molecule has 0 spiro atoms. The van der Waals surface area contributed by atoms with E-state index < -0.39 is 0 Å². The van der Waals surface area contributed by atoms with Crippen LogP contribution in [0.1, 0.15) is 44.1 Å². The van der Waals surface area contributed by atoms with Crippen molar-refractivity contribution in [3.8, 4) is 11.5 Å². The molecule has 8 nitrogen and oxygen atoms in total.